The third-order valence-electron chi connectivity index (χ3n) is 3.74. The Morgan fingerprint density at radius 1 is 1.41 bits per heavy atom. The molecular weight excluding hydrogens is 232 g/mol. The van der Waals surface area contributed by atoms with E-state index in [-0.39, 0.29) is 0 Å². The average molecular weight is 252 g/mol. The van der Waals surface area contributed by atoms with Gasteiger partial charge in [0, 0.05) is 23.9 Å². The maximum atomic E-state index is 5.74. The van der Waals surface area contributed by atoms with Gasteiger partial charge in [0.1, 0.15) is 11.1 Å². The van der Waals surface area contributed by atoms with Gasteiger partial charge in [0.25, 0.3) is 0 Å². The van der Waals surface area contributed by atoms with Gasteiger partial charge in [0.15, 0.2) is 0 Å². The summed E-state index contributed by atoms with van der Waals surface area (Å²) in [5, 5.41) is 4.52. The lowest BCUT2D eigenvalue weighted by Gasteiger charge is -2.20. The molecule has 94 valence electrons. The molecule has 1 aliphatic carbocycles. The zero-order chi connectivity index (χ0) is 11.7. The minimum absolute atomic E-state index is 0.292. The zero-order valence-corrected chi connectivity index (χ0v) is 11.2. The lowest BCUT2D eigenvalue weighted by Crippen LogP contribution is -2.21. The fourth-order valence-electron chi connectivity index (χ4n) is 2.88. The molecular formula is C13H20N2OS. The highest BCUT2D eigenvalue weighted by molar-refractivity contribution is 7.11. The molecule has 3 nitrogen and oxygen atoms in total. The summed E-state index contributed by atoms with van der Waals surface area (Å²) in [6.07, 6.45) is 6.45. The fraction of sp³-hybridized carbons (Fsp3) is 0.769. The van der Waals surface area contributed by atoms with Gasteiger partial charge in [-0.25, -0.2) is 4.98 Å². The molecule has 0 saturated carbocycles. The van der Waals surface area contributed by atoms with E-state index in [9.17, 15) is 0 Å². The van der Waals surface area contributed by atoms with Crippen LogP contribution in [0.1, 0.15) is 53.3 Å². The van der Waals surface area contributed by atoms with Crippen LogP contribution < -0.4 is 5.32 Å². The summed E-state index contributed by atoms with van der Waals surface area (Å²) in [6.45, 7) is 1.97. The number of thiazole rings is 1. The van der Waals surface area contributed by atoms with E-state index >= 15 is 0 Å². The largest absolute Gasteiger partial charge is 0.371 e. The van der Waals surface area contributed by atoms with Crippen LogP contribution in [0.4, 0.5) is 0 Å². The molecule has 17 heavy (non-hydrogen) atoms. The number of rotatable bonds is 3. The van der Waals surface area contributed by atoms with Gasteiger partial charge in [-0.3, -0.25) is 0 Å². The lowest BCUT2D eigenvalue weighted by atomic mass is 9.91. The van der Waals surface area contributed by atoms with Gasteiger partial charge in [-0.1, -0.05) is 0 Å². The van der Waals surface area contributed by atoms with E-state index in [1.807, 2.05) is 18.4 Å². The highest BCUT2D eigenvalue weighted by Gasteiger charge is 2.28. The molecule has 3 rings (SSSR count). The Bertz CT molecular complexity index is 385. The number of hydrogen-bond donors (Lipinski definition) is 1. The first kappa shape index (κ1) is 11.6. The Kier molecular flexibility index (Phi) is 3.45. The molecule has 2 atom stereocenters. The molecule has 0 aromatic carbocycles. The van der Waals surface area contributed by atoms with E-state index in [0.29, 0.717) is 12.0 Å². The molecule has 2 unspecified atom stereocenters. The van der Waals surface area contributed by atoms with Crippen molar-refractivity contribution in [1.29, 1.82) is 0 Å². The van der Waals surface area contributed by atoms with Gasteiger partial charge in [0.05, 0.1) is 5.69 Å². The topological polar surface area (TPSA) is 34.1 Å². The quantitative estimate of drug-likeness (QED) is 0.898. The molecule has 0 amide bonds. The average Bonchev–Trinajstić information content (AvgIpc) is 2.98. The predicted octanol–water partition coefficient (Wildman–Crippen LogP) is 2.63. The van der Waals surface area contributed by atoms with Gasteiger partial charge >= 0.3 is 0 Å². The first-order valence-corrected chi connectivity index (χ1v) is 7.46. The van der Waals surface area contributed by atoms with E-state index < -0.39 is 0 Å². The van der Waals surface area contributed by atoms with Gasteiger partial charge < -0.3 is 10.1 Å². The zero-order valence-electron chi connectivity index (χ0n) is 10.4. The number of ether oxygens (including phenoxy) is 1. The van der Waals surface area contributed by atoms with Gasteiger partial charge in [-0.2, -0.15) is 0 Å². The molecule has 1 aliphatic heterocycles. The molecule has 0 bridgehead atoms. The summed E-state index contributed by atoms with van der Waals surface area (Å²) in [5.74, 6) is 0.621. The minimum atomic E-state index is 0.292. The number of hydrogen-bond acceptors (Lipinski definition) is 4. The van der Waals surface area contributed by atoms with Crippen molar-refractivity contribution in [3.05, 3.63) is 15.6 Å². The summed E-state index contributed by atoms with van der Waals surface area (Å²) in [7, 11) is 2.03. The smallest absolute Gasteiger partial charge is 0.122 e. The maximum Gasteiger partial charge on any atom is 0.122 e. The molecule has 1 aromatic heterocycles. The van der Waals surface area contributed by atoms with Crippen LogP contribution in [0.15, 0.2) is 0 Å². The number of aromatic nitrogens is 1. The van der Waals surface area contributed by atoms with Crippen molar-refractivity contribution in [2.24, 2.45) is 0 Å². The maximum absolute atomic E-state index is 5.74. The summed E-state index contributed by atoms with van der Waals surface area (Å²) in [5.41, 5.74) is 1.36. The monoisotopic (exact) mass is 252 g/mol. The minimum Gasteiger partial charge on any atom is -0.371 e. The second kappa shape index (κ2) is 5.04. The molecule has 4 heteroatoms. The Balaban J connectivity index is 1.84. The summed E-state index contributed by atoms with van der Waals surface area (Å²) >= 11 is 1.90. The van der Waals surface area contributed by atoms with Gasteiger partial charge in [-0.15, -0.1) is 11.3 Å². The van der Waals surface area contributed by atoms with Crippen molar-refractivity contribution in [3.8, 4) is 0 Å². The van der Waals surface area contributed by atoms with Crippen LogP contribution in [-0.4, -0.2) is 25.2 Å². The van der Waals surface area contributed by atoms with Crippen LogP contribution in [0, 0.1) is 0 Å². The van der Waals surface area contributed by atoms with Crippen molar-refractivity contribution < 1.29 is 4.74 Å². The van der Waals surface area contributed by atoms with E-state index in [1.165, 1.54) is 41.3 Å². The molecule has 2 heterocycles. The SMILES string of the molecule is CNCC1CCCc2sc(C3CCCO3)nc21. The number of likely N-dealkylation sites (N-methyl/N-ethyl adjacent to an activating group) is 1. The van der Waals surface area contributed by atoms with Crippen LogP contribution in [0.5, 0.6) is 0 Å². The molecule has 1 saturated heterocycles. The Morgan fingerprint density at radius 3 is 3.12 bits per heavy atom. The highest BCUT2D eigenvalue weighted by atomic mass is 32.1. The van der Waals surface area contributed by atoms with E-state index in [1.54, 1.807) is 0 Å². The van der Waals surface area contributed by atoms with Crippen molar-refractivity contribution in [2.45, 2.75) is 44.1 Å². The predicted molar refractivity (Wildman–Crippen MR) is 69.6 cm³/mol. The molecule has 1 fully saturated rings. The lowest BCUT2D eigenvalue weighted by molar-refractivity contribution is 0.111. The first-order valence-electron chi connectivity index (χ1n) is 6.64. The summed E-state index contributed by atoms with van der Waals surface area (Å²) in [4.78, 5) is 6.40. The molecule has 0 spiro atoms. The second-order valence-electron chi connectivity index (χ2n) is 5.01. The Labute approximate surface area is 107 Å². The second-order valence-corrected chi connectivity index (χ2v) is 6.12. The van der Waals surface area contributed by atoms with Crippen LogP contribution in [0.2, 0.25) is 0 Å². The van der Waals surface area contributed by atoms with Crippen molar-refractivity contribution in [1.82, 2.24) is 10.3 Å². The Hall–Kier alpha value is -0.450. The normalized spacial score (nSPS) is 28.3. The molecule has 0 radical (unpaired) electrons. The van der Waals surface area contributed by atoms with Crippen molar-refractivity contribution in [3.63, 3.8) is 0 Å². The highest BCUT2D eigenvalue weighted by Crippen LogP contribution is 2.39. The summed E-state index contributed by atoms with van der Waals surface area (Å²) < 4.78 is 5.74. The van der Waals surface area contributed by atoms with Gasteiger partial charge in [0.2, 0.25) is 0 Å². The third kappa shape index (κ3) is 2.26. The van der Waals surface area contributed by atoms with Crippen LogP contribution in [0.3, 0.4) is 0 Å². The molecule has 1 N–H and O–H groups in total. The van der Waals surface area contributed by atoms with E-state index in [2.05, 4.69) is 5.32 Å². The third-order valence-corrected chi connectivity index (χ3v) is 4.97. The fourth-order valence-corrected chi connectivity index (χ4v) is 4.16. The van der Waals surface area contributed by atoms with Crippen LogP contribution in [0.25, 0.3) is 0 Å². The van der Waals surface area contributed by atoms with Crippen LogP contribution >= 0.6 is 11.3 Å². The standard InChI is InChI=1S/C13H20N2OS/c1-14-8-9-4-2-6-11-12(9)15-13(17-11)10-5-3-7-16-10/h9-10,14H,2-8H2,1H3. The number of aryl methyl sites for hydroxylation is 1. The van der Waals surface area contributed by atoms with Crippen molar-refractivity contribution in [2.75, 3.05) is 20.2 Å². The van der Waals surface area contributed by atoms with Gasteiger partial charge in [-0.05, 0) is 39.2 Å². The Morgan fingerprint density at radius 2 is 2.35 bits per heavy atom. The molecule has 2 aliphatic rings. The van der Waals surface area contributed by atoms with E-state index in [0.717, 1.165) is 19.6 Å². The summed E-state index contributed by atoms with van der Waals surface area (Å²) in [6, 6.07) is 0. The number of nitrogens with zero attached hydrogens (tertiary/aromatic N) is 1. The first-order chi connectivity index (χ1) is 8.38. The number of nitrogens with one attached hydrogen (secondary N) is 1. The molecule has 1 aromatic rings. The van der Waals surface area contributed by atoms with Crippen LogP contribution in [-0.2, 0) is 11.2 Å². The number of fused-ring (bicyclic) bond motifs is 1. The van der Waals surface area contributed by atoms with Crippen molar-refractivity contribution >= 4 is 11.3 Å². The van der Waals surface area contributed by atoms with E-state index in [4.69, 9.17) is 9.72 Å².